The molecule has 0 aliphatic carbocycles. The fourth-order valence-corrected chi connectivity index (χ4v) is 2.64. The van der Waals surface area contributed by atoms with Crippen LogP contribution in [0, 0.1) is 0 Å². The van der Waals surface area contributed by atoms with Crippen LogP contribution in [0.4, 0.5) is 0 Å². The molecular weight excluding hydrogens is 270 g/mol. The number of amides is 1. The summed E-state index contributed by atoms with van der Waals surface area (Å²) in [4.78, 5) is 14.1. The maximum absolute atomic E-state index is 12.3. The summed E-state index contributed by atoms with van der Waals surface area (Å²) in [7, 11) is 0. The molecule has 0 saturated carbocycles. The molecular formula is C14H25N5O2. The number of ether oxygens (including phenoxy) is 1. The van der Waals surface area contributed by atoms with E-state index in [4.69, 9.17) is 10.5 Å². The van der Waals surface area contributed by atoms with Gasteiger partial charge in [-0.3, -0.25) is 4.79 Å². The maximum Gasteiger partial charge on any atom is 0.244 e. The molecule has 3 unspecified atom stereocenters. The number of morpholine rings is 1. The molecule has 7 heteroatoms. The molecule has 0 radical (unpaired) electrons. The van der Waals surface area contributed by atoms with Crippen molar-refractivity contribution >= 4 is 5.91 Å². The van der Waals surface area contributed by atoms with E-state index in [0.717, 1.165) is 18.5 Å². The van der Waals surface area contributed by atoms with Crippen molar-refractivity contribution in [1.29, 1.82) is 0 Å². The first-order chi connectivity index (χ1) is 9.99. The summed E-state index contributed by atoms with van der Waals surface area (Å²) >= 11 is 0. The second-order valence-corrected chi connectivity index (χ2v) is 5.79. The Hall–Kier alpha value is -1.47. The van der Waals surface area contributed by atoms with Crippen molar-refractivity contribution in [3.05, 3.63) is 11.9 Å². The van der Waals surface area contributed by atoms with Gasteiger partial charge in [0.2, 0.25) is 5.91 Å². The first-order valence-corrected chi connectivity index (χ1v) is 7.58. The molecule has 1 aromatic rings. The van der Waals surface area contributed by atoms with Crippen LogP contribution in [-0.4, -0.2) is 51.1 Å². The van der Waals surface area contributed by atoms with E-state index in [0.29, 0.717) is 13.1 Å². The van der Waals surface area contributed by atoms with Gasteiger partial charge in [-0.2, -0.15) is 0 Å². The molecule has 2 rings (SSSR count). The Bertz CT molecular complexity index is 466. The van der Waals surface area contributed by atoms with Crippen molar-refractivity contribution in [3.63, 3.8) is 0 Å². The normalized spacial score (nSPS) is 24.1. The van der Waals surface area contributed by atoms with E-state index >= 15 is 0 Å². The summed E-state index contributed by atoms with van der Waals surface area (Å²) in [6.07, 6.45) is 3.77. The van der Waals surface area contributed by atoms with Gasteiger partial charge in [-0.25, -0.2) is 4.68 Å². The van der Waals surface area contributed by atoms with Crippen molar-refractivity contribution in [2.45, 2.75) is 58.4 Å². The predicted molar refractivity (Wildman–Crippen MR) is 78.4 cm³/mol. The first kappa shape index (κ1) is 15.9. The Morgan fingerprint density at radius 2 is 2.14 bits per heavy atom. The average molecular weight is 295 g/mol. The Kier molecular flexibility index (Phi) is 5.30. The summed E-state index contributed by atoms with van der Waals surface area (Å²) in [5.74, 6) is 0.0394. The highest BCUT2D eigenvalue weighted by Crippen LogP contribution is 2.13. The molecule has 3 atom stereocenters. The molecule has 1 amide bonds. The van der Waals surface area contributed by atoms with E-state index < -0.39 is 0 Å². The Morgan fingerprint density at radius 1 is 1.48 bits per heavy atom. The molecule has 1 aromatic heterocycles. The van der Waals surface area contributed by atoms with E-state index in [2.05, 4.69) is 17.2 Å². The van der Waals surface area contributed by atoms with Crippen molar-refractivity contribution in [2.24, 2.45) is 5.73 Å². The van der Waals surface area contributed by atoms with Gasteiger partial charge in [0.25, 0.3) is 0 Å². The number of nitrogens with zero attached hydrogens (tertiary/aromatic N) is 4. The summed E-state index contributed by atoms with van der Waals surface area (Å²) < 4.78 is 7.20. The number of hydrogen-bond donors (Lipinski definition) is 1. The Labute approximate surface area is 125 Å². The fourth-order valence-electron chi connectivity index (χ4n) is 2.64. The van der Waals surface area contributed by atoms with Crippen molar-refractivity contribution in [2.75, 3.05) is 13.1 Å². The highest BCUT2D eigenvalue weighted by Gasteiger charge is 2.26. The van der Waals surface area contributed by atoms with Crippen LogP contribution >= 0.6 is 0 Å². The van der Waals surface area contributed by atoms with Gasteiger partial charge in [0.15, 0.2) is 0 Å². The van der Waals surface area contributed by atoms with Gasteiger partial charge >= 0.3 is 0 Å². The van der Waals surface area contributed by atoms with Crippen LogP contribution in [0.15, 0.2) is 6.20 Å². The lowest BCUT2D eigenvalue weighted by Gasteiger charge is -2.35. The zero-order valence-corrected chi connectivity index (χ0v) is 13.0. The largest absolute Gasteiger partial charge is 0.372 e. The van der Waals surface area contributed by atoms with Crippen molar-refractivity contribution < 1.29 is 9.53 Å². The van der Waals surface area contributed by atoms with E-state index in [1.165, 1.54) is 0 Å². The predicted octanol–water partition coefficient (Wildman–Crippen LogP) is 0.714. The SMILES string of the molecule is CCCC(N)c1cn(CC(=O)N2CC(C)OC(C)C2)nn1. The molecule has 0 bridgehead atoms. The van der Waals surface area contributed by atoms with Gasteiger partial charge < -0.3 is 15.4 Å². The number of aromatic nitrogens is 3. The molecule has 2 N–H and O–H groups in total. The molecule has 0 spiro atoms. The van der Waals surface area contributed by atoms with Crippen LogP contribution in [-0.2, 0) is 16.1 Å². The zero-order chi connectivity index (χ0) is 15.4. The number of carbonyl (C=O) groups excluding carboxylic acids is 1. The quantitative estimate of drug-likeness (QED) is 0.864. The Morgan fingerprint density at radius 3 is 2.76 bits per heavy atom. The summed E-state index contributed by atoms with van der Waals surface area (Å²) in [5, 5.41) is 8.06. The third-order valence-corrected chi connectivity index (χ3v) is 3.61. The minimum absolute atomic E-state index is 0.0394. The second kappa shape index (κ2) is 7.00. The molecule has 1 aliphatic rings. The molecule has 118 valence electrons. The van der Waals surface area contributed by atoms with E-state index in [1.54, 1.807) is 10.9 Å². The van der Waals surface area contributed by atoms with Gasteiger partial charge in [0.1, 0.15) is 6.54 Å². The number of rotatable bonds is 5. The summed E-state index contributed by atoms with van der Waals surface area (Å²) in [6, 6.07) is -0.109. The monoisotopic (exact) mass is 295 g/mol. The molecule has 2 heterocycles. The third-order valence-electron chi connectivity index (χ3n) is 3.61. The topological polar surface area (TPSA) is 86.3 Å². The van der Waals surface area contributed by atoms with Gasteiger partial charge in [-0.05, 0) is 20.3 Å². The van der Waals surface area contributed by atoms with E-state index in [1.807, 2.05) is 18.7 Å². The van der Waals surface area contributed by atoms with Crippen molar-refractivity contribution in [1.82, 2.24) is 19.9 Å². The van der Waals surface area contributed by atoms with Crippen molar-refractivity contribution in [3.8, 4) is 0 Å². The lowest BCUT2D eigenvalue weighted by molar-refractivity contribution is -0.144. The van der Waals surface area contributed by atoms with Gasteiger partial charge in [-0.1, -0.05) is 18.6 Å². The fraction of sp³-hybridized carbons (Fsp3) is 0.786. The van der Waals surface area contributed by atoms with Gasteiger partial charge in [0, 0.05) is 13.1 Å². The van der Waals surface area contributed by atoms with Crippen LogP contribution in [0.3, 0.4) is 0 Å². The number of carbonyl (C=O) groups is 1. The molecule has 7 nitrogen and oxygen atoms in total. The van der Waals surface area contributed by atoms with Crippen LogP contribution in [0.25, 0.3) is 0 Å². The van der Waals surface area contributed by atoms with E-state index in [-0.39, 0.29) is 30.7 Å². The molecule has 21 heavy (non-hydrogen) atoms. The van der Waals surface area contributed by atoms with Crippen LogP contribution < -0.4 is 5.73 Å². The zero-order valence-electron chi connectivity index (χ0n) is 13.0. The summed E-state index contributed by atoms with van der Waals surface area (Å²) in [5.41, 5.74) is 6.74. The van der Waals surface area contributed by atoms with Gasteiger partial charge in [0.05, 0.1) is 30.1 Å². The lowest BCUT2D eigenvalue weighted by atomic mass is 10.1. The number of hydrogen-bond acceptors (Lipinski definition) is 5. The smallest absolute Gasteiger partial charge is 0.244 e. The highest BCUT2D eigenvalue weighted by molar-refractivity contribution is 5.76. The Balaban J connectivity index is 1.93. The summed E-state index contributed by atoms with van der Waals surface area (Å²) in [6.45, 7) is 7.49. The molecule has 1 aliphatic heterocycles. The molecule has 1 saturated heterocycles. The number of nitrogens with two attached hydrogens (primary N) is 1. The third kappa shape index (κ3) is 4.25. The standard InChI is InChI=1S/C14H25N5O2/c1-4-5-12(15)13-8-19(17-16-13)9-14(20)18-6-10(2)21-11(3)7-18/h8,10-12H,4-7,9,15H2,1-3H3. The maximum atomic E-state index is 12.3. The molecule has 0 aromatic carbocycles. The van der Waals surface area contributed by atoms with Gasteiger partial charge in [-0.15, -0.1) is 5.10 Å². The average Bonchev–Trinajstić information content (AvgIpc) is 2.86. The second-order valence-electron chi connectivity index (χ2n) is 5.79. The minimum Gasteiger partial charge on any atom is -0.372 e. The van der Waals surface area contributed by atoms with Crippen LogP contribution in [0.1, 0.15) is 45.3 Å². The van der Waals surface area contributed by atoms with E-state index in [9.17, 15) is 4.79 Å². The highest BCUT2D eigenvalue weighted by atomic mass is 16.5. The molecule has 1 fully saturated rings. The lowest BCUT2D eigenvalue weighted by Crippen LogP contribution is -2.49. The minimum atomic E-state index is -0.109. The van der Waals surface area contributed by atoms with Crippen LogP contribution in [0.5, 0.6) is 0 Å². The van der Waals surface area contributed by atoms with Crippen LogP contribution in [0.2, 0.25) is 0 Å². The first-order valence-electron chi connectivity index (χ1n) is 7.58.